The smallest absolute Gasteiger partial charge is 0.234 e. The average Bonchev–Trinajstić information content (AvgIpc) is 3.01. The molecule has 0 saturated heterocycles. The van der Waals surface area contributed by atoms with Gasteiger partial charge in [0, 0.05) is 12.2 Å². The van der Waals surface area contributed by atoms with Crippen molar-refractivity contribution in [2.45, 2.75) is 25.8 Å². The van der Waals surface area contributed by atoms with Crippen LogP contribution < -0.4 is 5.32 Å². The summed E-state index contributed by atoms with van der Waals surface area (Å²) in [7, 11) is 0. The quantitative estimate of drug-likeness (QED) is 0.781. The molecule has 2 rings (SSSR count). The minimum atomic E-state index is 0.220. The third-order valence-electron chi connectivity index (χ3n) is 2.46. The van der Waals surface area contributed by atoms with Crippen LogP contribution >= 0.6 is 0 Å². The summed E-state index contributed by atoms with van der Waals surface area (Å²) in [4.78, 5) is 7.87. The molecule has 0 aliphatic heterocycles. The molecule has 0 spiro atoms. The van der Waals surface area contributed by atoms with Crippen molar-refractivity contribution in [1.82, 2.24) is 9.97 Å². The number of nitriles is 1. The molecule has 1 aromatic heterocycles. The highest BCUT2D eigenvalue weighted by Crippen LogP contribution is 2.33. The highest BCUT2D eigenvalue weighted by Gasteiger charge is 2.27. The second-order valence-electron chi connectivity index (χ2n) is 3.65. The van der Waals surface area contributed by atoms with E-state index in [0.717, 1.165) is 11.7 Å². The molecule has 1 aliphatic rings. The van der Waals surface area contributed by atoms with E-state index < -0.39 is 0 Å². The van der Waals surface area contributed by atoms with Crippen molar-refractivity contribution in [3.63, 3.8) is 0 Å². The van der Waals surface area contributed by atoms with E-state index >= 15 is 0 Å². The van der Waals surface area contributed by atoms with Crippen LogP contribution in [0.4, 0.5) is 5.82 Å². The van der Waals surface area contributed by atoms with Crippen LogP contribution in [0.3, 0.4) is 0 Å². The van der Waals surface area contributed by atoms with Crippen LogP contribution in [-0.4, -0.2) is 16.0 Å². The van der Waals surface area contributed by atoms with E-state index in [4.69, 9.17) is 5.26 Å². The van der Waals surface area contributed by atoms with Crippen LogP contribution in [-0.2, 0) is 0 Å². The first-order chi connectivity index (χ1) is 6.79. The van der Waals surface area contributed by atoms with E-state index in [1.54, 1.807) is 12.3 Å². The van der Waals surface area contributed by atoms with Gasteiger partial charge >= 0.3 is 0 Å². The lowest BCUT2D eigenvalue weighted by atomic mass is 10.2. The van der Waals surface area contributed by atoms with E-state index in [0.29, 0.717) is 6.04 Å². The molecule has 72 valence electrons. The molecule has 1 heterocycles. The number of aromatic nitrogens is 2. The van der Waals surface area contributed by atoms with Gasteiger partial charge in [-0.05, 0) is 31.7 Å². The molecule has 1 unspecified atom stereocenters. The van der Waals surface area contributed by atoms with Gasteiger partial charge < -0.3 is 5.32 Å². The Bertz CT molecular complexity index is 365. The first kappa shape index (κ1) is 8.95. The summed E-state index contributed by atoms with van der Waals surface area (Å²) in [5.41, 5.74) is 0. The van der Waals surface area contributed by atoms with Crippen LogP contribution in [0.25, 0.3) is 0 Å². The van der Waals surface area contributed by atoms with E-state index in [2.05, 4.69) is 22.2 Å². The zero-order valence-corrected chi connectivity index (χ0v) is 8.07. The van der Waals surface area contributed by atoms with Crippen molar-refractivity contribution in [1.29, 1.82) is 5.26 Å². The van der Waals surface area contributed by atoms with Crippen molar-refractivity contribution in [3.8, 4) is 6.07 Å². The Morgan fingerprint density at radius 2 is 2.43 bits per heavy atom. The van der Waals surface area contributed by atoms with Crippen molar-refractivity contribution in [2.75, 3.05) is 5.32 Å². The molecular weight excluding hydrogens is 176 g/mol. The molecular formula is C10H12N4. The standard InChI is InChI=1S/C10H12N4/c1-7(8-2-3-8)13-9-4-5-12-10(6-11)14-9/h4-5,7-8H,2-3H2,1H3,(H,12,13,14). The maximum absolute atomic E-state index is 8.61. The Morgan fingerprint density at radius 3 is 3.07 bits per heavy atom. The molecule has 0 radical (unpaired) electrons. The molecule has 1 saturated carbocycles. The van der Waals surface area contributed by atoms with Gasteiger partial charge in [0.15, 0.2) is 0 Å². The summed E-state index contributed by atoms with van der Waals surface area (Å²) in [6.07, 6.45) is 4.20. The number of rotatable bonds is 3. The summed E-state index contributed by atoms with van der Waals surface area (Å²) in [5, 5.41) is 11.9. The topological polar surface area (TPSA) is 61.6 Å². The SMILES string of the molecule is CC(Nc1ccnc(C#N)n1)C1CC1. The number of hydrogen-bond donors (Lipinski definition) is 1. The molecule has 14 heavy (non-hydrogen) atoms. The Hall–Kier alpha value is -1.63. The number of nitrogens with one attached hydrogen (secondary N) is 1. The van der Waals surface area contributed by atoms with Crippen molar-refractivity contribution >= 4 is 5.82 Å². The van der Waals surface area contributed by atoms with E-state index in [-0.39, 0.29) is 5.82 Å². The Labute approximate surface area is 83.0 Å². The van der Waals surface area contributed by atoms with E-state index in [9.17, 15) is 0 Å². The van der Waals surface area contributed by atoms with Crippen molar-refractivity contribution < 1.29 is 0 Å². The molecule has 0 aromatic carbocycles. The van der Waals surface area contributed by atoms with Crippen LogP contribution in [0, 0.1) is 17.2 Å². The molecule has 1 aromatic rings. The van der Waals surface area contributed by atoms with Crippen LogP contribution in [0.2, 0.25) is 0 Å². The minimum absolute atomic E-state index is 0.220. The van der Waals surface area contributed by atoms with Gasteiger partial charge in [0.05, 0.1) is 0 Å². The lowest BCUT2D eigenvalue weighted by Crippen LogP contribution is -2.18. The maximum Gasteiger partial charge on any atom is 0.234 e. The largest absolute Gasteiger partial charge is 0.367 e. The molecule has 4 nitrogen and oxygen atoms in total. The molecule has 1 fully saturated rings. The van der Waals surface area contributed by atoms with Gasteiger partial charge in [-0.3, -0.25) is 0 Å². The fourth-order valence-electron chi connectivity index (χ4n) is 1.44. The van der Waals surface area contributed by atoms with Gasteiger partial charge in [-0.15, -0.1) is 0 Å². The van der Waals surface area contributed by atoms with Crippen molar-refractivity contribution in [2.24, 2.45) is 5.92 Å². The number of hydrogen-bond acceptors (Lipinski definition) is 4. The zero-order chi connectivity index (χ0) is 9.97. The predicted octanol–water partition coefficient (Wildman–Crippen LogP) is 1.56. The molecule has 0 bridgehead atoms. The first-order valence-electron chi connectivity index (χ1n) is 4.79. The van der Waals surface area contributed by atoms with Gasteiger partial charge in [0.1, 0.15) is 11.9 Å². The van der Waals surface area contributed by atoms with Crippen LogP contribution in [0.15, 0.2) is 12.3 Å². The summed E-state index contributed by atoms with van der Waals surface area (Å²) >= 11 is 0. The van der Waals surface area contributed by atoms with E-state index in [1.807, 2.05) is 6.07 Å². The van der Waals surface area contributed by atoms with Crippen molar-refractivity contribution in [3.05, 3.63) is 18.1 Å². The molecule has 1 N–H and O–H groups in total. The highest BCUT2D eigenvalue weighted by atomic mass is 15.0. The van der Waals surface area contributed by atoms with Gasteiger partial charge in [-0.25, -0.2) is 9.97 Å². The minimum Gasteiger partial charge on any atom is -0.367 e. The molecule has 4 heteroatoms. The van der Waals surface area contributed by atoms with Gasteiger partial charge in [0.25, 0.3) is 0 Å². The summed E-state index contributed by atoms with van der Waals surface area (Å²) in [6, 6.07) is 4.16. The van der Waals surface area contributed by atoms with E-state index in [1.165, 1.54) is 12.8 Å². The van der Waals surface area contributed by atoms with Gasteiger partial charge in [-0.1, -0.05) is 0 Å². The third-order valence-corrected chi connectivity index (χ3v) is 2.46. The summed E-state index contributed by atoms with van der Waals surface area (Å²) < 4.78 is 0. The lowest BCUT2D eigenvalue weighted by Gasteiger charge is -2.12. The second-order valence-corrected chi connectivity index (χ2v) is 3.65. The van der Waals surface area contributed by atoms with Crippen LogP contribution in [0.1, 0.15) is 25.6 Å². The Kier molecular flexibility index (Phi) is 2.32. The molecule has 1 aliphatic carbocycles. The van der Waals surface area contributed by atoms with Gasteiger partial charge in [0.2, 0.25) is 5.82 Å². The fourth-order valence-corrected chi connectivity index (χ4v) is 1.44. The van der Waals surface area contributed by atoms with Crippen LogP contribution in [0.5, 0.6) is 0 Å². The average molecular weight is 188 g/mol. The Morgan fingerprint density at radius 1 is 1.64 bits per heavy atom. The lowest BCUT2D eigenvalue weighted by molar-refractivity contribution is 0.690. The van der Waals surface area contributed by atoms with Gasteiger partial charge in [-0.2, -0.15) is 5.26 Å². The Balaban J connectivity index is 2.04. The highest BCUT2D eigenvalue weighted by molar-refractivity contribution is 5.36. The predicted molar refractivity (Wildman–Crippen MR) is 52.6 cm³/mol. The summed E-state index contributed by atoms with van der Waals surface area (Å²) in [6.45, 7) is 2.14. The normalized spacial score (nSPS) is 17.1. The first-order valence-corrected chi connectivity index (χ1v) is 4.79. The number of nitrogens with zero attached hydrogens (tertiary/aromatic N) is 3. The maximum atomic E-state index is 8.61. The fraction of sp³-hybridized carbons (Fsp3) is 0.500. The molecule has 1 atom stereocenters. The third kappa shape index (κ3) is 1.99. The number of anilines is 1. The second kappa shape index (κ2) is 3.62. The monoisotopic (exact) mass is 188 g/mol. The zero-order valence-electron chi connectivity index (χ0n) is 8.07. The summed E-state index contributed by atoms with van der Waals surface area (Å²) in [5.74, 6) is 1.74. The molecule has 0 amide bonds.